The van der Waals surface area contributed by atoms with Gasteiger partial charge >= 0.3 is 12.1 Å². The molecule has 1 aliphatic carbocycles. The molecule has 9 nitrogen and oxygen atoms in total. The number of hydrogen-bond acceptors (Lipinski definition) is 8. The summed E-state index contributed by atoms with van der Waals surface area (Å²) >= 11 is 0. The zero-order chi connectivity index (χ0) is 33.8. The maximum absolute atomic E-state index is 13.8. The molecule has 47 heavy (non-hydrogen) atoms. The van der Waals surface area contributed by atoms with Gasteiger partial charge in [-0.2, -0.15) is 13.2 Å². The SMILES string of the molecule is C[Si](C)(C)CCOC(=O)[C@H]1[C@H](Cn2nnc3ccc(C(F)(F)F)cc3c2=O)CC[C@@H]1C(=O)c1ccc(OCCC2CCOCC2)cc1. The fourth-order valence-electron chi connectivity index (χ4n) is 6.39. The lowest BCUT2D eigenvalue weighted by Crippen LogP contribution is -2.36. The van der Waals surface area contributed by atoms with Crippen LogP contribution in [0.1, 0.15) is 48.0 Å². The molecule has 0 radical (unpaired) electrons. The van der Waals surface area contributed by atoms with Gasteiger partial charge < -0.3 is 14.2 Å². The van der Waals surface area contributed by atoms with Crippen LogP contribution in [0.3, 0.4) is 0 Å². The Kier molecular flexibility index (Phi) is 10.8. The second-order valence-electron chi connectivity index (χ2n) is 13.8. The molecule has 254 valence electrons. The smallest absolute Gasteiger partial charge is 0.416 e. The molecule has 0 bridgehead atoms. The molecule has 1 aliphatic heterocycles. The van der Waals surface area contributed by atoms with E-state index in [0.29, 0.717) is 36.7 Å². The number of aromatic nitrogens is 3. The van der Waals surface area contributed by atoms with E-state index < -0.39 is 49.1 Å². The van der Waals surface area contributed by atoms with Crippen molar-refractivity contribution in [1.82, 2.24) is 15.0 Å². The van der Waals surface area contributed by atoms with Crippen LogP contribution in [0.25, 0.3) is 10.9 Å². The fraction of sp³-hybridized carbons (Fsp3) is 0.559. The van der Waals surface area contributed by atoms with Crippen molar-refractivity contribution in [1.29, 1.82) is 0 Å². The maximum atomic E-state index is 13.8. The van der Waals surface area contributed by atoms with Gasteiger partial charge in [0.25, 0.3) is 5.56 Å². The van der Waals surface area contributed by atoms with Crippen LogP contribution >= 0.6 is 0 Å². The molecule has 2 aliphatic rings. The van der Waals surface area contributed by atoms with E-state index in [4.69, 9.17) is 14.2 Å². The summed E-state index contributed by atoms with van der Waals surface area (Å²) in [4.78, 5) is 40.7. The van der Waals surface area contributed by atoms with Crippen molar-refractivity contribution < 1.29 is 37.0 Å². The minimum atomic E-state index is -4.63. The number of halogens is 3. The number of carbonyl (C=O) groups excluding carboxylic acids is 2. The maximum Gasteiger partial charge on any atom is 0.416 e. The van der Waals surface area contributed by atoms with Gasteiger partial charge in [-0.15, -0.1) is 5.10 Å². The standard InChI is InChI=1S/C34H42F3N3O6Si/c1-47(2,3)19-18-46-33(43)30-24(21-40-32(42)28-20-25(34(35,36)37)7-11-29(28)38-39-40)6-10-27(30)31(41)23-4-8-26(9-5-23)45-17-14-22-12-15-44-16-13-22/h4-5,7-9,11,20,22,24,27,30H,6,10,12-19,21H2,1-3H3/t24-,27-,30-/m0/s1. The minimum Gasteiger partial charge on any atom is -0.494 e. The molecule has 3 aromatic rings. The average Bonchev–Trinajstić information content (AvgIpc) is 3.45. The number of Topliss-reactive ketones (excluding diaryl/α,β-unsaturated/α-hetero) is 1. The van der Waals surface area contributed by atoms with Gasteiger partial charge in [-0.25, -0.2) is 4.68 Å². The number of hydrogen-bond donors (Lipinski definition) is 0. The Morgan fingerprint density at radius 1 is 1.00 bits per heavy atom. The Balaban J connectivity index is 1.32. The van der Waals surface area contributed by atoms with Crippen LogP contribution < -0.4 is 10.3 Å². The second kappa shape index (κ2) is 14.7. The molecule has 2 aromatic carbocycles. The predicted molar refractivity (Wildman–Crippen MR) is 172 cm³/mol. The number of carbonyl (C=O) groups is 2. The van der Waals surface area contributed by atoms with Crippen LogP contribution in [0.15, 0.2) is 47.3 Å². The fourth-order valence-corrected chi connectivity index (χ4v) is 7.11. The Hall–Kier alpha value is -3.58. The largest absolute Gasteiger partial charge is 0.494 e. The van der Waals surface area contributed by atoms with Crippen molar-refractivity contribution >= 4 is 30.7 Å². The Bertz CT molecular complexity index is 1620. The lowest BCUT2D eigenvalue weighted by molar-refractivity contribution is -0.150. The number of benzene rings is 2. The molecule has 0 N–H and O–H groups in total. The number of alkyl halides is 3. The highest BCUT2D eigenvalue weighted by Crippen LogP contribution is 2.41. The quantitative estimate of drug-likeness (QED) is 0.123. The van der Waals surface area contributed by atoms with Gasteiger partial charge in [0.2, 0.25) is 0 Å². The van der Waals surface area contributed by atoms with E-state index in [0.717, 1.165) is 61.4 Å². The molecule has 2 heterocycles. The molecule has 0 spiro atoms. The number of ketones is 1. The van der Waals surface area contributed by atoms with E-state index >= 15 is 0 Å². The minimum absolute atomic E-state index is 0.0389. The highest BCUT2D eigenvalue weighted by Gasteiger charge is 2.46. The summed E-state index contributed by atoms with van der Waals surface area (Å²) < 4.78 is 58.1. The first-order chi connectivity index (χ1) is 22.3. The molecule has 5 rings (SSSR count). The summed E-state index contributed by atoms with van der Waals surface area (Å²) in [5.74, 6) is -1.55. The molecule has 1 saturated carbocycles. The highest BCUT2D eigenvalue weighted by atomic mass is 28.3. The van der Waals surface area contributed by atoms with Crippen molar-refractivity contribution in [3.05, 3.63) is 63.9 Å². The zero-order valence-corrected chi connectivity index (χ0v) is 28.1. The van der Waals surface area contributed by atoms with Crippen LogP contribution in [0, 0.1) is 23.7 Å². The van der Waals surface area contributed by atoms with Gasteiger partial charge in [0.05, 0.1) is 36.6 Å². The molecule has 13 heteroatoms. The van der Waals surface area contributed by atoms with E-state index in [1.807, 2.05) is 0 Å². The van der Waals surface area contributed by atoms with Crippen LogP contribution in [-0.4, -0.2) is 61.2 Å². The van der Waals surface area contributed by atoms with E-state index in [1.54, 1.807) is 24.3 Å². The van der Waals surface area contributed by atoms with Crippen molar-refractivity contribution in [2.24, 2.45) is 23.7 Å². The number of esters is 1. The third-order valence-electron chi connectivity index (χ3n) is 9.23. The lowest BCUT2D eigenvalue weighted by atomic mass is 9.84. The summed E-state index contributed by atoms with van der Waals surface area (Å²) in [6.45, 7) is 8.78. The van der Waals surface area contributed by atoms with Gasteiger partial charge in [0.1, 0.15) is 11.3 Å². The Morgan fingerprint density at radius 2 is 1.72 bits per heavy atom. The van der Waals surface area contributed by atoms with Gasteiger partial charge in [-0.05, 0) is 92.4 Å². The number of fused-ring (bicyclic) bond motifs is 1. The van der Waals surface area contributed by atoms with E-state index in [1.165, 1.54) is 0 Å². The predicted octanol–water partition coefficient (Wildman–Crippen LogP) is 6.41. The summed E-state index contributed by atoms with van der Waals surface area (Å²) in [5.41, 5.74) is -1.23. The summed E-state index contributed by atoms with van der Waals surface area (Å²) in [7, 11) is -1.52. The summed E-state index contributed by atoms with van der Waals surface area (Å²) in [6, 6.07) is 10.4. The van der Waals surface area contributed by atoms with Gasteiger partial charge in [0, 0.05) is 32.8 Å². The first-order valence-corrected chi connectivity index (χ1v) is 20.0. The molecular formula is C34H42F3N3O6Si. The van der Waals surface area contributed by atoms with E-state index in [2.05, 4.69) is 30.0 Å². The molecule has 1 saturated heterocycles. The zero-order valence-electron chi connectivity index (χ0n) is 27.1. The summed E-state index contributed by atoms with van der Waals surface area (Å²) in [5, 5.41) is 7.71. The molecule has 1 aromatic heterocycles. The van der Waals surface area contributed by atoms with Crippen LogP contribution in [0.4, 0.5) is 13.2 Å². The molecule has 0 unspecified atom stereocenters. The monoisotopic (exact) mass is 673 g/mol. The first kappa shape index (κ1) is 34.7. The highest BCUT2D eigenvalue weighted by molar-refractivity contribution is 6.76. The molecule has 0 amide bonds. The van der Waals surface area contributed by atoms with Gasteiger partial charge in [-0.3, -0.25) is 14.4 Å². The average molecular weight is 674 g/mol. The topological polar surface area (TPSA) is 110 Å². The van der Waals surface area contributed by atoms with E-state index in [-0.39, 0.29) is 29.8 Å². The second-order valence-corrected chi connectivity index (χ2v) is 19.5. The van der Waals surface area contributed by atoms with E-state index in [9.17, 15) is 27.6 Å². The van der Waals surface area contributed by atoms with Crippen molar-refractivity contribution in [2.75, 3.05) is 26.4 Å². The Morgan fingerprint density at radius 3 is 2.40 bits per heavy atom. The Labute approximate surface area is 272 Å². The van der Waals surface area contributed by atoms with Crippen molar-refractivity contribution in [3.63, 3.8) is 0 Å². The number of ether oxygens (including phenoxy) is 3. The third kappa shape index (κ3) is 8.86. The number of nitrogens with zero attached hydrogens (tertiary/aromatic N) is 3. The molecule has 3 atom stereocenters. The van der Waals surface area contributed by atoms with Crippen molar-refractivity contribution in [3.8, 4) is 5.75 Å². The van der Waals surface area contributed by atoms with Crippen LogP contribution in [0.2, 0.25) is 25.7 Å². The van der Waals surface area contributed by atoms with Gasteiger partial charge in [0.15, 0.2) is 5.78 Å². The lowest BCUT2D eigenvalue weighted by Gasteiger charge is -2.24. The van der Waals surface area contributed by atoms with Crippen molar-refractivity contribution in [2.45, 2.75) is 70.5 Å². The third-order valence-corrected chi connectivity index (χ3v) is 10.9. The van der Waals surface area contributed by atoms with Gasteiger partial charge in [-0.1, -0.05) is 24.9 Å². The van der Waals surface area contributed by atoms with Crippen LogP contribution in [-0.2, 0) is 27.0 Å². The first-order valence-electron chi connectivity index (χ1n) is 16.3. The normalized spacial score (nSPS) is 20.8. The molecular weight excluding hydrogens is 631 g/mol. The van der Waals surface area contributed by atoms with Crippen LogP contribution in [0.5, 0.6) is 5.75 Å². The number of rotatable bonds is 12. The summed E-state index contributed by atoms with van der Waals surface area (Å²) in [6.07, 6.45) is -0.832. The molecule has 2 fully saturated rings.